The first-order valence-corrected chi connectivity index (χ1v) is 6.93. The molecule has 102 valence electrons. The molecule has 1 amide bonds. The molecule has 2 rings (SSSR count). The van der Waals surface area contributed by atoms with Gasteiger partial charge in [-0.3, -0.25) is 4.79 Å². The summed E-state index contributed by atoms with van der Waals surface area (Å²) in [7, 11) is 0. The maximum atomic E-state index is 12.0. The van der Waals surface area contributed by atoms with Crippen molar-refractivity contribution in [2.75, 3.05) is 6.54 Å². The van der Waals surface area contributed by atoms with Gasteiger partial charge in [0.1, 0.15) is 11.5 Å². The van der Waals surface area contributed by atoms with Gasteiger partial charge in [-0.2, -0.15) is 9.36 Å². The summed E-state index contributed by atoms with van der Waals surface area (Å²) in [6, 6.07) is 3.59. The van der Waals surface area contributed by atoms with Gasteiger partial charge in [-0.15, -0.1) is 11.3 Å². The molecule has 0 aliphatic heterocycles. The number of nitrogens with zero attached hydrogens (tertiary/aromatic N) is 4. The third kappa shape index (κ3) is 3.28. The molecule has 0 radical (unpaired) electrons. The molecule has 0 spiro atoms. The summed E-state index contributed by atoms with van der Waals surface area (Å²) in [6.07, 6.45) is 1.93. The lowest BCUT2D eigenvalue weighted by Crippen LogP contribution is -2.33. The fourth-order valence-electron chi connectivity index (χ4n) is 1.50. The lowest BCUT2D eigenvalue weighted by Gasteiger charge is -2.02. The van der Waals surface area contributed by atoms with Crippen molar-refractivity contribution in [1.82, 2.24) is 25.1 Å². The third-order valence-electron chi connectivity index (χ3n) is 2.50. The average Bonchev–Trinajstić information content (AvgIpc) is 3.01. The molecule has 0 aromatic carbocycles. The second-order valence-corrected chi connectivity index (χ2v) is 4.91. The van der Waals surface area contributed by atoms with Crippen LogP contribution in [0.3, 0.4) is 0 Å². The fraction of sp³-hybridized carbons (Fsp3) is 0.455. The van der Waals surface area contributed by atoms with Gasteiger partial charge in [-0.25, -0.2) is 4.79 Å². The van der Waals surface area contributed by atoms with Gasteiger partial charge in [0.15, 0.2) is 0 Å². The van der Waals surface area contributed by atoms with Gasteiger partial charge < -0.3 is 5.32 Å². The van der Waals surface area contributed by atoms with E-state index in [2.05, 4.69) is 15.7 Å². The van der Waals surface area contributed by atoms with Crippen molar-refractivity contribution in [1.29, 1.82) is 0 Å². The van der Waals surface area contributed by atoms with E-state index in [-0.39, 0.29) is 12.5 Å². The van der Waals surface area contributed by atoms with Crippen LogP contribution >= 0.6 is 11.3 Å². The monoisotopic (exact) mass is 281 g/mol. The van der Waals surface area contributed by atoms with Crippen LogP contribution in [0.4, 0.5) is 0 Å². The largest absolute Gasteiger partial charge is 0.369 e. The van der Waals surface area contributed by atoms with Gasteiger partial charge in [-0.05, 0) is 34.4 Å². The van der Waals surface area contributed by atoms with Crippen LogP contribution in [0.15, 0.2) is 22.3 Å². The number of hydrogen-bond acceptors (Lipinski definition) is 5. The van der Waals surface area contributed by atoms with E-state index in [9.17, 15) is 9.59 Å². The van der Waals surface area contributed by atoms with Crippen molar-refractivity contribution in [2.45, 2.75) is 26.3 Å². The second kappa shape index (κ2) is 6.28. The number of carbonyl (C=O) groups excluding carboxylic acids is 1. The first-order valence-electron chi connectivity index (χ1n) is 6.05. The molecule has 2 aromatic rings. The Labute approximate surface area is 113 Å². The predicted molar refractivity (Wildman–Crippen MR) is 71.4 cm³/mol. The van der Waals surface area contributed by atoms with Crippen LogP contribution in [0.2, 0.25) is 0 Å². The zero-order valence-corrected chi connectivity index (χ0v) is 11.4. The number of hydrogen-bond donors (Lipinski definition) is 1. The molecule has 0 bridgehead atoms. The predicted octanol–water partition coefficient (Wildman–Crippen LogP) is 0.407. The molecular weight excluding hydrogens is 266 g/mol. The van der Waals surface area contributed by atoms with Gasteiger partial charge in [0.2, 0.25) is 5.91 Å². The molecule has 7 nitrogen and oxygen atoms in total. The minimum atomic E-state index is -0.409. The highest BCUT2D eigenvalue weighted by Crippen LogP contribution is 2.10. The molecule has 2 heterocycles. The van der Waals surface area contributed by atoms with Crippen LogP contribution in [0, 0.1) is 0 Å². The Balaban J connectivity index is 2.03. The summed E-state index contributed by atoms with van der Waals surface area (Å²) in [5, 5.41) is 12.7. The number of tetrazole rings is 1. The molecule has 0 fully saturated rings. The highest BCUT2D eigenvalue weighted by molar-refractivity contribution is 7.12. The van der Waals surface area contributed by atoms with Crippen molar-refractivity contribution in [3.8, 4) is 5.00 Å². The van der Waals surface area contributed by atoms with Crippen LogP contribution in [0.1, 0.15) is 19.8 Å². The fourth-order valence-corrected chi connectivity index (χ4v) is 2.17. The highest BCUT2D eigenvalue weighted by Gasteiger charge is 2.12. The molecule has 8 heteroatoms. The maximum absolute atomic E-state index is 12.0. The summed E-state index contributed by atoms with van der Waals surface area (Å²) in [6.45, 7) is 2.56. The third-order valence-corrected chi connectivity index (χ3v) is 3.34. The first-order chi connectivity index (χ1) is 9.22. The van der Waals surface area contributed by atoms with Gasteiger partial charge in [0, 0.05) is 6.54 Å². The molecule has 0 unspecified atom stereocenters. The summed E-state index contributed by atoms with van der Waals surface area (Å²) >= 11 is 1.39. The number of carbonyl (C=O) groups is 1. The zero-order chi connectivity index (χ0) is 13.7. The van der Waals surface area contributed by atoms with E-state index in [1.807, 2.05) is 18.4 Å². The van der Waals surface area contributed by atoms with E-state index in [1.165, 1.54) is 16.0 Å². The SMILES string of the molecule is CCCCNC(=O)Cn1nnn(-c2cccs2)c1=O. The first kappa shape index (κ1) is 13.5. The highest BCUT2D eigenvalue weighted by atomic mass is 32.1. The zero-order valence-electron chi connectivity index (χ0n) is 10.6. The lowest BCUT2D eigenvalue weighted by atomic mass is 10.3. The number of aromatic nitrogens is 4. The summed E-state index contributed by atoms with van der Waals surface area (Å²) in [5.41, 5.74) is -0.409. The Bertz CT molecular complexity index is 587. The molecule has 0 saturated carbocycles. The van der Waals surface area contributed by atoms with Crippen molar-refractivity contribution in [2.24, 2.45) is 0 Å². The van der Waals surface area contributed by atoms with E-state index >= 15 is 0 Å². The Kier molecular flexibility index (Phi) is 4.45. The van der Waals surface area contributed by atoms with Crippen LogP contribution in [0.25, 0.3) is 5.00 Å². The topological polar surface area (TPSA) is 81.8 Å². The number of unbranched alkanes of at least 4 members (excludes halogenated alkanes) is 1. The van der Waals surface area contributed by atoms with Crippen molar-refractivity contribution in [3.05, 3.63) is 28.0 Å². The summed E-state index contributed by atoms with van der Waals surface area (Å²) in [4.78, 5) is 23.6. The number of rotatable bonds is 6. The average molecular weight is 281 g/mol. The second-order valence-electron chi connectivity index (χ2n) is 3.99. The van der Waals surface area contributed by atoms with Gasteiger partial charge in [-0.1, -0.05) is 13.3 Å². The molecule has 19 heavy (non-hydrogen) atoms. The van der Waals surface area contributed by atoms with Crippen molar-refractivity contribution >= 4 is 17.2 Å². The van der Waals surface area contributed by atoms with E-state index in [1.54, 1.807) is 6.07 Å². The minimum absolute atomic E-state index is 0.103. The Morgan fingerprint density at radius 1 is 1.47 bits per heavy atom. The Hall–Kier alpha value is -1.96. The number of amides is 1. The van der Waals surface area contributed by atoms with Gasteiger partial charge in [0.25, 0.3) is 0 Å². The van der Waals surface area contributed by atoms with E-state index in [0.29, 0.717) is 11.5 Å². The maximum Gasteiger partial charge on any atom is 0.369 e. The molecule has 1 N–H and O–H groups in total. The van der Waals surface area contributed by atoms with Gasteiger partial charge in [0.05, 0.1) is 0 Å². The smallest absolute Gasteiger partial charge is 0.354 e. The normalized spacial score (nSPS) is 10.6. The van der Waals surface area contributed by atoms with Crippen molar-refractivity contribution < 1.29 is 4.79 Å². The van der Waals surface area contributed by atoms with Crippen LogP contribution in [-0.2, 0) is 11.3 Å². The van der Waals surface area contributed by atoms with E-state index < -0.39 is 5.69 Å². The molecule has 0 atom stereocenters. The van der Waals surface area contributed by atoms with Gasteiger partial charge >= 0.3 is 5.69 Å². The number of nitrogens with one attached hydrogen (secondary N) is 1. The molecular formula is C11H15N5O2S. The van der Waals surface area contributed by atoms with Crippen molar-refractivity contribution in [3.63, 3.8) is 0 Å². The Morgan fingerprint density at radius 3 is 3.00 bits per heavy atom. The van der Waals surface area contributed by atoms with E-state index in [0.717, 1.165) is 17.5 Å². The molecule has 0 aliphatic rings. The molecule has 2 aromatic heterocycles. The van der Waals surface area contributed by atoms with E-state index in [4.69, 9.17) is 0 Å². The minimum Gasteiger partial charge on any atom is -0.354 e. The van der Waals surface area contributed by atoms with Crippen LogP contribution in [-0.4, -0.2) is 32.2 Å². The number of thiophene rings is 1. The van der Waals surface area contributed by atoms with Crippen LogP contribution < -0.4 is 11.0 Å². The molecule has 0 aliphatic carbocycles. The standard InChI is InChI=1S/C11H15N5O2S/c1-2-3-6-12-9(17)8-15-11(18)16(14-13-15)10-5-4-7-19-10/h4-5,7H,2-3,6,8H2,1H3,(H,12,17). The quantitative estimate of drug-likeness (QED) is 0.777. The summed E-state index contributed by atoms with van der Waals surface area (Å²) < 4.78 is 2.24. The summed E-state index contributed by atoms with van der Waals surface area (Å²) in [5.74, 6) is -0.228. The van der Waals surface area contributed by atoms with Crippen LogP contribution in [0.5, 0.6) is 0 Å². The lowest BCUT2D eigenvalue weighted by molar-refractivity contribution is -0.121. The Morgan fingerprint density at radius 2 is 2.32 bits per heavy atom. The molecule has 0 saturated heterocycles.